The number of esters is 6. The van der Waals surface area contributed by atoms with Crippen LogP contribution in [0.2, 0.25) is 0 Å². The minimum absolute atomic E-state index is 0.299. The highest BCUT2D eigenvalue weighted by Crippen LogP contribution is 2.61. The Morgan fingerprint density at radius 2 is 1.00 bits per heavy atom. The van der Waals surface area contributed by atoms with Gasteiger partial charge in [-0.25, -0.2) is 28.8 Å². The summed E-state index contributed by atoms with van der Waals surface area (Å²) in [6.45, 7) is -0.991. The Labute approximate surface area is 385 Å². The van der Waals surface area contributed by atoms with E-state index in [2.05, 4.69) is 0 Å². The lowest BCUT2D eigenvalue weighted by molar-refractivity contribution is -0.179. The van der Waals surface area contributed by atoms with Gasteiger partial charge in [-0.2, -0.15) is 0 Å². The molecule has 364 valence electrons. The van der Waals surface area contributed by atoms with Crippen molar-refractivity contribution in [1.29, 1.82) is 0 Å². The average Bonchev–Trinajstić information content (AvgIpc) is 3.54. The number of ether oxygens (including phenoxy) is 6. The van der Waals surface area contributed by atoms with Crippen LogP contribution in [0, 0.1) is 0 Å². The molecule has 0 amide bonds. The van der Waals surface area contributed by atoms with Gasteiger partial charge in [-0.05, 0) is 25.1 Å². The predicted octanol–water partition coefficient (Wildman–Crippen LogP) is -0.495. The van der Waals surface area contributed by atoms with Gasteiger partial charge in [-0.15, -0.1) is 0 Å². The minimum Gasteiger partial charge on any atom is -0.504 e. The number of cyclic esters (lactones) is 1. The number of carbonyl (C=O) groups is 7. The molecule has 4 aromatic rings. The summed E-state index contributed by atoms with van der Waals surface area (Å²) in [7, 11) is 0. The summed E-state index contributed by atoms with van der Waals surface area (Å²) in [5.74, 6) is -34.7. The SMILES string of the molecule is CCOC(=O)[C@]1(O)C(=O)C2=C3C(=O)O[C@H]([C@@H]4OC(=O)c5c(c(O)c(O)c(O)c5[C@H]31)-c1c(cc(O)c(O)c1O)C(=O)O[C@@H]1COC(=O)c3cc(O)c(O)c(O)c3-c3c(cc(O)c(O)c3O)C(=O)O[C@@H]41)[C@@H]2O. The molecule has 27 nitrogen and oxygen atoms in total. The van der Waals surface area contributed by atoms with Crippen molar-refractivity contribution in [3.8, 4) is 91.2 Å². The van der Waals surface area contributed by atoms with E-state index >= 15 is 4.79 Å². The molecule has 0 saturated heterocycles. The third kappa shape index (κ3) is 5.97. The van der Waals surface area contributed by atoms with E-state index in [1.54, 1.807) is 0 Å². The lowest BCUT2D eigenvalue weighted by atomic mass is 9.75. The summed E-state index contributed by atoms with van der Waals surface area (Å²) in [5, 5.41) is 157. The maximum atomic E-state index is 15.2. The number of aromatic hydroxyl groups is 12. The number of fused-ring (bicyclic) bond motifs is 7. The molecule has 27 heteroatoms. The lowest BCUT2D eigenvalue weighted by Crippen LogP contribution is -2.58. The molecule has 1 aliphatic carbocycles. The van der Waals surface area contributed by atoms with Crippen molar-refractivity contribution in [2.75, 3.05) is 13.2 Å². The Morgan fingerprint density at radius 3 is 1.53 bits per heavy atom. The lowest BCUT2D eigenvalue weighted by Gasteiger charge is -2.40. The summed E-state index contributed by atoms with van der Waals surface area (Å²) in [6, 6.07) is 1.03. The molecule has 5 aliphatic heterocycles. The number of hydrogen-bond acceptors (Lipinski definition) is 27. The van der Waals surface area contributed by atoms with Crippen LogP contribution in [0.5, 0.6) is 69.0 Å². The summed E-state index contributed by atoms with van der Waals surface area (Å²) in [5.41, 5.74) is -18.1. The summed E-state index contributed by atoms with van der Waals surface area (Å²) < 4.78 is 32.9. The second kappa shape index (κ2) is 15.3. The van der Waals surface area contributed by atoms with Gasteiger partial charge < -0.3 is 99.9 Å². The van der Waals surface area contributed by atoms with Gasteiger partial charge in [-0.1, -0.05) is 0 Å². The molecule has 0 radical (unpaired) electrons. The Hall–Kier alpha value is -9.37. The Bertz CT molecular complexity index is 3200. The van der Waals surface area contributed by atoms with Gasteiger partial charge in [0.05, 0.1) is 40.4 Å². The molecule has 0 saturated carbocycles. The maximum absolute atomic E-state index is 15.2. The molecule has 0 fully saturated rings. The molecule has 0 aromatic heterocycles. The highest BCUT2D eigenvalue weighted by Gasteiger charge is 2.69. The summed E-state index contributed by atoms with van der Waals surface area (Å²) >= 11 is 0. The highest BCUT2D eigenvalue weighted by atomic mass is 16.6. The second-order valence-electron chi connectivity index (χ2n) is 15.9. The van der Waals surface area contributed by atoms with E-state index in [1.165, 1.54) is 6.92 Å². The van der Waals surface area contributed by atoms with Gasteiger partial charge in [-0.3, -0.25) is 4.79 Å². The van der Waals surface area contributed by atoms with Crippen molar-refractivity contribution in [3.05, 3.63) is 57.2 Å². The second-order valence-corrected chi connectivity index (χ2v) is 15.9. The number of phenols is 12. The van der Waals surface area contributed by atoms with Gasteiger partial charge in [0.15, 0.2) is 70.4 Å². The van der Waals surface area contributed by atoms with Crippen molar-refractivity contribution >= 4 is 41.6 Å². The number of hydrogen-bond donors (Lipinski definition) is 14. The number of aliphatic hydroxyl groups excluding tert-OH is 1. The van der Waals surface area contributed by atoms with Gasteiger partial charge in [0.25, 0.3) is 0 Å². The molecule has 5 heterocycles. The number of rotatable bonds is 2. The number of Topliss-reactive ketones (excluding diaryl/α,β-unsaturated/α-hetero) is 1. The van der Waals surface area contributed by atoms with E-state index in [9.17, 15) is 100 Å². The van der Waals surface area contributed by atoms with E-state index in [0.29, 0.717) is 18.2 Å². The highest BCUT2D eigenvalue weighted by molar-refractivity contribution is 6.25. The van der Waals surface area contributed by atoms with Gasteiger partial charge in [0.1, 0.15) is 12.7 Å². The zero-order chi connectivity index (χ0) is 51.1. The van der Waals surface area contributed by atoms with Crippen molar-refractivity contribution in [1.82, 2.24) is 0 Å². The molecule has 7 atom stereocenters. The quantitative estimate of drug-likeness (QED) is 0.0521. The maximum Gasteiger partial charge on any atom is 0.347 e. The van der Waals surface area contributed by atoms with Crippen LogP contribution >= 0.6 is 0 Å². The van der Waals surface area contributed by atoms with Crippen LogP contribution in [0.15, 0.2) is 29.3 Å². The summed E-state index contributed by atoms with van der Waals surface area (Å²) in [6.07, 6.45) is -13.8. The number of carbonyl (C=O) groups excluding carboxylic acids is 7. The zero-order valence-corrected chi connectivity index (χ0v) is 34.7. The Kier molecular flexibility index (Phi) is 10.0. The minimum atomic E-state index is -3.87. The van der Waals surface area contributed by atoms with Crippen LogP contribution in [0.25, 0.3) is 22.3 Å². The standard InChI is InChI=1S/C43H30O27/c1-2-65-42(63)43(64)22-19-18-17(29(53)32(56)30(19)54)16-9(5-12(46)25(49)28(16)52)38(59)67-13-6-66-37(58)7-3-10(44)23(47)26(50)14(7)15-8(4-11(45)24(48)27(15)51)39(60)68-33(13)35(70-40(18)61)34-31(55)21(36(43)57)20(22)41(62)69-34/h3-5,13,22,31,33-35,44-56,64H,2,6H2,1H3/t13-,22-,31-,33-,34+,35-,43-/m1/s1. The van der Waals surface area contributed by atoms with Crippen LogP contribution < -0.4 is 0 Å². The van der Waals surface area contributed by atoms with Crippen molar-refractivity contribution < 1.29 is 133 Å². The third-order valence-corrected chi connectivity index (χ3v) is 12.3. The van der Waals surface area contributed by atoms with Gasteiger partial charge in [0.2, 0.25) is 34.4 Å². The zero-order valence-electron chi connectivity index (χ0n) is 34.7. The fourth-order valence-electron chi connectivity index (χ4n) is 9.13. The predicted molar refractivity (Wildman–Crippen MR) is 214 cm³/mol. The van der Waals surface area contributed by atoms with Gasteiger partial charge in [0, 0.05) is 33.4 Å². The first-order valence-electron chi connectivity index (χ1n) is 19.9. The molecule has 0 unspecified atom stereocenters. The van der Waals surface area contributed by atoms with E-state index < -0.39 is 227 Å². The van der Waals surface area contributed by atoms with Crippen molar-refractivity contribution in [2.24, 2.45) is 0 Å². The van der Waals surface area contributed by atoms with Crippen LogP contribution in [0.1, 0.15) is 59.8 Å². The van der Waals surface area contributed by atoms with Crippen LogP contribution in [0.3, 0.4) is 0 Å². The Balaban J connectivity index is 1.42. The Morgan fingerprint density at radius 1 is 0.543 bits per heavy atom. The van der Waals surface area contributed by atoms with Crippen LogP contribution in [-0.2, 0) is 42.8 Å². The number of phenolic OH excluding ortho intramolecular Hbond substituents is 12. The molecular weight excluding hydrogens is 948 g/mol. The van der Waals surface area contributed by atoms with E-state index in [1.807, 2.05) is 0 Å². The number of benzene rings is 4. The average molecular weight is 979 g/mol. The molecule has 4 aromatic carbocycles. The van der Waals surface area contributed by atoms with E-state index in [4.69, 9.17) is 28.4 Å². The largest absolute Gasteiger partial charge is 0.504 e. The topological polar surface area (TPSA) is 458 Å². The van der Waals surface area contributed by atoms with Crippen LogP contribution in [-0.4, -0.2) is 162 Å². The molecule has 0 spiro atoms. The van der Waals surface area contributed by atoms with Crippen molar-refractivity contribution in [2.45, 2.75) is 49.0 Å². The molecule has 6 bridgehead atoms. The molecular formula is C43H30O27. The molecule has 70 heavy (non-hydrogen) atoms. The van der Waals surface area contributed by atoms with Crippen molar-refractivity contribution in [3.63, 3.8) is 0 Å². The fraction of sp³-hybridized carbons (Fsp3) is 0.233. The number of ketones is 1. The first-order chi connectivity index (χ1) is 32.9. The van der Waals surface area contributed by atoms with Crippen LogP contribution in [0.4, 0.5) is 0 Å². The monoisotopic (exact) mass is 978 g/mol. The smallest absolute Gasteiger partial charge is 0.347 e. The molecule has 10 rings (SSSR count). The third-order valence-electron chi connectivity index (χ3n) is 12.3. The summed E-state index contributed by atoms with van der Waals surface area (Å²) in [4.78, 5) is 101. The normalized spacial score (nSPS) is 24.6. The number of aliphatic hydroxyl groups is 2. The van der Waals surface area contributed by atoms with E-state index in [0.717, 1.165) is 0 Å². The molecule has 14 N–H and O–H groups in total. The fourth-order valence-corrected chi connectivity index (χ4v) is 9.13. The first kappa shape index (κ1) is 45.8. The van der Waals surface area contributed by atoms with E-state index in [-0.39, 0.29) is 0 Å². The molecule has 6 aliphatic rings. The first-order valence-corrected chi connectivity index (χ1v) is 19.9. The van der Waals surface area contributed by atoms with Gasteiger partial charge >= 0.3 is 35.8 Å².